The van der Waals surface area contributed by atoms with E-state index in [1.807, 2.05) is 0 Å². The van der Waals surface area contributed by atoms with Crippen LogP contribution in [0.1, 0.15) is 50.8 Å². The lowest BCUT2D eigenvalue weighted by Gasteiger charge is -2.38. The molecule has 0 bridgehead atoms. The molecule has 1 aromatic carbocycles. The molecule has 0 aliphatic heterocycles. The van der Waals surface area contributed by atoms with Crippen molar-refractivity contribution in [2.24, 2.45) is 0 Å². The molecular weight excluding hydrogens is 238 g/mol. The maximum atomic E-state index is 9.89. The van der Waals surface area contributed by atoms with Crippen molar-refractivity contribution >= 4 is 0 Å². The van der Waals surface area contributed by atoms with Gasteiger partial charge in [0.2, 0.25) is 0 Å². The van der Waals surface area contributed by atoms with Crippen LogP contribution in [0.25, 0.3) is 0 Å². The summed E-state index contributed by atoms with van der Waals surface area (Å²) in [5, 5.41) is 22.4. The van der Waals surface area contributed by atoms with E-state index in [4.69, 9.17) is 5.11 Å². The average molecular weight is 263 g/mol. The van der Waals surface area contributed by atoms with Crippen LogP contribution in [0, 0.1) is 0 Å². The molecule has 3 nitrogen and oxygen atoms in total. The third kappa shape index (κ3) is 3.16. The summed E-state index contributed by atoms with van der Waals surface area (Å²) in [5.41, 5.74) is 1.88. The number of rotatable bonds is 4. The summed E-state index contributed by atoms with van der Waals surface area (Å²) in [6.45, 7) is 6.40. The fourth-order valence-electron chi connectivity index (χ4n) is 2.82. The van der Waals surface area contributed by atoms with Crippen LogP contribution in [-0.2, 0) is 5.41 Å². The van der Waals surface area contributed by atoms with Crippen LogP contribution in [0.2, 0.25) is 0 Å². The van der Waals surface area contributed by atoms with Gasteiger partial charge < -0.3 is 15.5 Å². The summed E-state index contributed by atoms with van der Waals surface area (Å²) in [5.74, 6) is 0. The minimum absolute atomic E-state index is 0.217. The molecule has 1 aromatic rings. The quantitative estimate of drug-likeness (QED) is 0.780. The molecule has 2 atom stereocenters. The van der Waals surface area contributed by atoms with Gasteiger partial charge in [0.05, 0.1) is 12.2 Å². The average Bonchev–Trinajstić information content (AvgIpc) is 2.38. The molecule has 1 aliphatic rings. The first-order valence-corrected chi connectivity index (χ1v) is 7.02. The zero-order valence-electron chi connectivity index (χ0n) is 12.1. The number of fused-ring (bicyclic) bond motifs is 1. The highest BCUT2D eigenvalue weighted by Crippen LogP contribution is 2.41. The molecule has 0 radical (unpaired) electrons. The van der Waals surface area contributed by atoms with E-state index in [0.717, 1.165) is 12.8 Å². The zero-order valence-corrected chi connectivity index (χ0v) is 12.1. The molecule has 0 aromatic heterocycles. The van der Waals surface area contributed by atoms with Gasteiger partial charge in [-0.05, 0) is 36.3 Å². The maximum Gasteiger partial charge on any atom is 0.0973 e. The van der Waals surface area contributed by atoms with Crippen molar-refractivity contribution in [2.45, 2.75) is 50.7 Å². The predicted molar refractivity (Wildman–Crippen MR) is 77.2 cm³/mol. The molecule has 0 heterocycles. The monoisotopic (exact) mass is 263 g/mol. The molecule has 3 N–H and O–H groups in total. The highest BCUT2D eigenvalue weighted by atomic mass is 16.3. The van der Waals surface area contributed by atoms with E-state index in [0.29, 0.717) is 6.54 Å². The smallest absolute Gasteiger partial charge is 0.0973 e. The Morgan fingerprint density at radius 2 is 2.05 bits per heavy atom. The van der Waals surface area contributed by atoms with Crippen LogP contribution >= 0.6 is 0 Å². The molecule has 106 valence electrons. The summed E-state index contributed by atoms with van der Waals surface area (Å²) in [7, 11) is 0. The van der Waals surface area contributed by atoms with Gasteiger partial charge in [0.25, 0.3) is 0 Å². The van der Waals surface area contributed by atoms with Crippen molar-refractivity contribution in [3.8, 4) is 0 Å². The predicted octanol–water partition coefficient (Wildman–Crippen LogP) is 2.13. The SMILES string of the molecule is CC(O)(CO)CNC1CCC(C)(C)c2ccccc21. The lowest BCUT2D eigenvalue weighted by atomic mass is 9.71. The van der Waals surface area contributed by atoms with E-state index in [2.05, 4.69) is 43.4 Å². The largest absolute Gasteiger partial charge is 0.393 e. The number of benzene rings is 1. The van der Waals surface area contributed by atoms with Gasteiger partial charge in [-0.2, -0.15) is 0 Å². The van der Waals surface area contributed by atoms with E-state index in [9.17, 15) is 5.11 Å². The normalized spacial score (nSPS) is 24.6. The van der Waals surface area contributed by atoms with Gasteiger partial charge in [-0.25, -0.2) is 0 Å². The lowest BCUT2D eigenvalue weighted by Crippen LogP contribution is -2.43. The molecule has 19 heavy (non-hydrogen) atoms. The van der Waals surface area contributed by atoms with E-state index in [-0.39, 0.29) is 18.1 Å². The summed E-state index contributed by atoms with van der Waals surface area (Å²) in [6.07, 6.45) is 2.19. The van der Waals surface area contributed by atoms with Gasteiger partial charge in [-0.1, -0.05) is 38.1 Å². The molecule has 0 fully saturated rings. The van der Waals surface area contributed by atoms with E-state index in [1.165, 1.54) is 11.1 Å². The van der Waals surface area contributed by atoms with E-state index in [1.54, 1.807) is 6.92 Å². The minimum atomic E-state index is -1.05. The number of hydrogen-bond donors (Lipinski definition) is 3. The van der Waals surface area contributed by atoms with E-state index < -0.39 is 5.60 Å². The second kappa shape index (κ2) is 5.23. The Balaban J connectivity index is 2.17. The van der Waals surface area contributed by atoms with E-state index >= 15 is 0 Å². The van der Waals surface area contributed by atoms with Gasteiger partial charge in [-0.3, -0.25) is 0 Å². The van der Waals surface area contributed by atoms with Crippen molar-refractivity contribution in [2.75, 3.05) is 13.2 Å². The summed E-state index contributed by atoms with van der Waals surface area (Å²) in [6, 6.07) is 8.79. The third-order valence-corrected chi connectivity index (χ3v) is 4.19. The molecule has 2 unspecified atom stereocenters. The summed E-state index contributed by atoms with van der Waals surface area (Å²) < 4.78 is 0. The second-order valence-electron chi connectivity index (χ2n) is 6.60. The third-order valence-electron chi connectivity index (χ3n) is 4.19. The van der Waals surface area contributed by atoms with Gasteiger partial charge in [-0.15, -0.1) is 0 Å². The number of nitrogens with one attached hydrogen (secondary N) is 1. The summed E-state index contributed by atoms with van der Waals surface area (Å²) >= 11 is 0. The van der Waals surface area contributed by atoms with Crippen molar-refractivity contribution in [3.05, 3.63) is 35.4 Å². The molecule has 0 amide bonds. The molecule has 0 saturated heterocycles. The van der Waals surface area contributed by atoms with Crippen LogP contribution in [-0.4, -0.2) is 29.0 Å². The van der Waals surface area contributed by atoms with Crippen LogP contribution in [0.3, 0.4) is 0 Å². The Hall–Kier alpha value is -0.900. The topological polar surface area (TPSA) is 52.5 Å². The molecular formula is C16H25NO2. The van der Waals surface area contributed by atoms with Crippen LogP contribution in [0.15, 0.2) is 24.3 Å². The van der Waals surface area contributed by atoms with Crippen molar-refractivity contribution in [1.29, 1.82) is 0 Å². The summed E-state index contributed by atoms with van der Waals surface area (Å²) in [4.78, 5) is 0. The number of aliphatic hydroxyl groups excluding tert-OH is 1. The first-order valence-electron chi connectivity index (χ1n) is 7.02. The maximum absolute atomic E-state index is 9.89. The Morgan fingerprint density at radius 1 is 1.37 bits per heavy atom. The Kier molecular flexibility index (Phi) is 4.00. The minimum Gasteiger partial charge on any atom is -0.393 e. The Bertz CT molecular complexity index is 440. The lowest BCUT2D eigenvalue weighted by molar-refractivity contribution is 0.0000871. The standard InChI is InChI=1S/C16H25NO2/c1-15(2)9-8-14(17-10-16(3,19)11-18)12-6-4-5-7-13(12)15/h4-7,14,17-19H,8-11H2,1-3H3. The first-order chi connectivity index (χ1) is 8.86. The fourth-order valence-corrected chi connectivity index (χ4v) is 2.82. The second-order valence-corrected chi connectivity index (χ2v) is 6.60. The van der Waals surface area contributed by atoms with Crippen molar-refractivity contribution < 1.29 is 10.2 Å². The highest BCUT2D eigenvalue weighted by Gasteiger charge is 2.32. The molecule has 1 aliphatic carbocycles. The Labute approximate surface area is 115 Å². The molecule has 0 spiro atoms. The van der Waals surface area contributed by atoms with Crippen LogP contribution in [0.5, 0.6) is 0 Å². The van der Waals surface area contributed by atoms with Crippen LogP contribution in [0.4, 0.5) is 0 Å². The molecule has 2 rings (SSSR count). The van der Waals surface area contributed by atoms with Gasteiger partial charge in [0.15, 0.2) is 0 Å². The van der Waals surface area contributed by atoms with Crippen molar-refractivity contribution in [1.82, 2.24) is 5.32 Å². The fraction of sp³-hybridized carbons (Fsp3) is 0.625. The number of aliphatic hydroxyl groups is 2. The van der Waals surface area contributed by atoms with Crippen LogP contribution < -0.4 is 5.32 Å². The van der Waals surface area contributed by atoms with Crippen molar-refractivity contribution in [3.63, 3.8) is 0 Å². The molecule has 3 heteroatoms. The van der Waals surface area contributed by atoms with Gasteiger partial charge in [0.1, 0.15) is 0 Å². The van der Waals surface area contributed by atoms with Gasteiger partial charge in [0, 0.05) is 12.6 Å². The zero-order chi connectivity index (χ0) is 14.1. The van der Waals surface area contributed by atoms with Gasteiger partial charge >= 0.3 is 0 Å². The Morgan fingerprint density at radius 3 is 2.74 bits per heavy atom. The first kappa shape index (κ1) is 14.5. The number of hydrogen-bond acceptors (Lipinski definition) is 3. The highest BCUT2D eigenvalue weighted by molar-refractivity contribution is 5.38. The molecule has 0 saturated carbocycles.